The van der Waals surface area contributed by atoms with Gasteiger partial charge in [0, 0.05) is 24.9 Å². The molecule has 0 atom stereocenters. The van der Waals surface area contributed by atoms with E-state index < -0.39 is 8.80 Å². The Balaban J connectivity index is 5.06. The van der Waals surface area contributed by atoms with Crippen LogP contribution in [0.15, 0.2) is 0 Å². The molecule has 0 aliphatic carbocycles. The minimum atomic E-state index is -2.61. The highest BCUT2D eigenvalue weighted by Gasteiger charge is 2.54. The second kappa shape index (κ2) is 9.92. The van der Waals surface area contributed by atoms with Gasteiger partial charge in [-0.1, -0.05) is 48.0 Å². The Labute approximate surface area is 121 Å². The van der Waals surface area contributed by atoms with E-state index in [0.29, 0.717) is 0 Å². The van der Waals surface area contributed by atoms with Crippen LogP contribution in [-0.4, -0.2) is 28.6 Å². The largest absolute Gasteiger partial charge is 0.506 e. The molecule has 19 heavy (non-hydrogen) atoms. The van der Waals surface area contributed by atoms with Gasteiger partial charge < -0.3 is 13.3 Å². The zero-order valence-electron chi connectivity index (χ0n) is 13.9. The summed E-state index contributed by atoms with van der Waals surface area (Å²) >= 11 is 0. The van der Waals surface area contributed by atoms with Gasteiger partial charge in [-0.3, -0.25) is 0 Å². The first-order valence-electron chi connectivity index (χ1n) is 7.91. The first-order valence-corrected chi connectivity index (χ1v) is 9.64. The van der Waals surface area contributed by atoms with E-state index in [1.54, 1.807) is 0 Å². The van der Waals surface area contributed by atoms with Gasteiger partial charge in [-0.25, -0.2) is 0 Å². The Morgan fingerprint density at radius 3 is 1.32 bits per heavy atom. The zero-order chi connectivity index (χ0) is 14.8. The minimum Gasteiger partial charge on any atom is -0.373 e. The van der Waals surface area contributed by atoms with E-state index in [0.717, 1.165) is 51.9 Å². The van der Waals surface area contributed by atoms with Gasteiger partial charge in [0.15, 0.2) is 0 Å². The first-order chi connectivity index (χ1) is 8.99. The van der Waals surface area contributed by atoms with Crippen LogP contribution in [0.3, 0.4) is 0 Å². The van der Waals surface area contributed by atoms with Gasteiger partial charge in [0.2, 0.25) is 0 Å². The molecule has 0 aromatic carbocycles. The van der Waals surface area contributed by atoms with E-state index in [4.69, 9.17) is 13.3 Å². The number of hydrogen-bond donors (Lipinski definition) is 0. The molecule has 0 radical (unpaired) electrons. The summed E-state index contributed by atoms with van der Waals surface area (Å²) in [7, 11) is -2.61. The van der Waals surface area contributed by atoms with Crippen LogP contribution >= 0.6 is 0 Å². The average Bonchev–Trinajstić information content (AvgIpc) is 2.38. The molecule has 0 aliphatic rings. The van der Waals surface area contributed by atoms with Crippen LogP contribution in [0.4, 0.5) is 0 Å². The summed E-state index contributed by atoms with van der Waals surface area (Å²) in [5, 5.41) is -0.0126. The van der Waals surface area contributed by atoms with Crippen LogP contribution in [-0.2, 0) is 13.3 Å². The highest BCUT2D eigenvalue weighted by Crippen LogP contribution is 2.43. The molecule has 0 amide bonds. The van der Waals surface area contributed by atoms with Gasteiger partial charge >= 0.3 is 8.80 Å². The Morgan fingerprint density at radius 2 is 1.05 bits per heavy atom. The molecular weight excluding hydrogens is 256 g/mol. The van der Waals surface area contributed by atoms with Crippen molar-refractivity contribution in [2.45, 2.75) is 78.7 Å². The summed E-state index contributed by atoms with van der Waals surface area (Å²) in [6.07, 6.45) is 5.21. The van der Waals surface area contributed by atoms with Crippen molar-refractivity contribution >= 4 is 8.80 Å². The summed E-state index contributed by atoms with van der Waals surface area (Å²) < 4.78 is 18.6. The highest BCUT2D eigenvalue weighted by molar-refractivity contribution is 6.64. The van der Waals surface area contributed by atoms with E-state index in [2.05, 4.69) is 41.5 Å². The fourth-order valence-electron chi connectivity index (χ4n) is 2.20. The quantitative estimate of drug-likeness (QED) is 0.484. The van der Waals surface area contributed by atoms with Gasteiger partial charge in [0.25, 0.3) is 0 Å². The van der Waals surface area contributed by atoms with Crippen LogP contribution in [0, 0.1) is 0 Å². The smallest absolute Gasteiger partial charge is 0.373 e. The van der Waals surface area contributed by atoms with Crippen LogP contribution in [0.25, 0.3) is 0 Å². The van der Waals surface area contributed by atoms with E-state index in [1.165, 1.54) is 0 Å². The Kier molecular flexibility index (Phi) is 9.97. The van der Waals surface area contributed by atoms with Gasteiger partial charge in [-0.15, -0.1) is 0 Å². The minimum absolute atomic E-state index is 0.0126. The van der Waals surface area contributed by atoms with Crippen molar-refractivity contribution in [3.63, 3.8) is 0 Å². The van der Waals surface area contributed by atoms with Crippen molar-refractivity contribution in [1.82, 2.24) is 0 Å². The Morgan fingerprint density at radius 1 is 0.684 bits per heavy atom. The summed E-state index contributed by atoms with van der Waals surface area (Å²) in [4.78, 5) is 0. The number of hydrogen-bond acceptors (Lipinski definition) is 3. The molecule has 0 fully saturated rings. The van der Waals surface area contributed by atoms with Crippen LogP contribution < -0.4 is 0 Å². The normalized spacial score (nSPS) is 12.9. The van der Waals surface area contributed by atoms with Crippen molar-refractivity contribution in [2.24, 2.45) is 0 Å². The van der Waals surface area contributed by atoms with Crippen LogP contribution in [0.2, 0.25) is 5.04 Å². The molecule has 4 heteroatoms. The van der Waals surface area contributed by atoms with Gasteiger partial charge in [0.05, 0.1) is 0 Å². The molecule has 0 aromatic heterocycles. The average molecular weight is 291 g/mol. The Hall–Kier alpha value is 0.0969. The molecule has 0 spiro atoms. The van der Waals surface area contributed by atoms with E-state index in [1.807, 2.05) is 0 Å². The summed E-state index contributed by atoms with van der Waals surface area (Å²) in [6, 6.07) is 0. The lowest BCUT2D eigenvalue weighted by Gasteiger charge is -2.41. The molecule has 0 aliphatic heterocycles. The van der Waals surface area contributed by atoms with Gasteiger partial charge in [0.1, 0.15) is 0 Å². The lowest BCUT2D eigenvalue weighted by atomic mass is 10.1. The van der Waals surface area contributed by atoms with E-state index in [-0.39, 0.29) is 5.04 Å². The van der Waals surface area contributed by atoms with Gasteiger partial charge in [-0.2, -0.15) is 0 Å². The second-order valence-corrected chi connectivity index (χ2v) is 9.07. The zero-order valence-corrected chi connectivity index (χ0v) is 14.9. The lowest BCUT2D eigenvalue weighted by molar-refractivity contribution is 0.0357. The lowest BCUT2D eigenvalue weighted by Crippen LogP contribution is -2.55. The third-order valence-electron chi connectivity index (χ3n) is 3.19. The molecule has 0 saturated heterocycles. The van der Waals surface area contributed by atoms with Crippen molar-refractivity contribution in [1.29, 1.82) is 0 Å². The molecule has 0 heterocycles. The fraction of sp³-hybridized carbons (Fsp3) is 1.00. The molecule has 0 aromatic rings. The SMILES string of the molecule is CCCO[Si](OCCC)(OCCC)C(C)(C)CCC. The maximum atomic E-state index is 6.19. The topological polar surface area (TPSA) is 27.7 Å². The highest BCUT2D eigenvalue weighted by atomic mass is 28.4. The molecule has 0 saturated carbocycles. The van der Waals surface area contributed by atoms with Crippen molar-refractivity contribution in [2.75, 3.05) is 19.8 Å². The van der Waals surface area contributed by atoms with E-state index in [9.17, 15) is 0 Å². The van der Waals surface area contributed by atoms with Crippen molar-refractivity contribution in [3.8, 4) is 0 Å². The molecule has 116 valence electrons. The predicted molar refractivity (Wildman–Crippen MR) is 83.4 cm³/mol. The third kappa shape index (κ3) is 5.94. The molecule has 0 N–H and O–H groups in total. The molecule has 0 bridgehead atoms. The summed E-state index contributed by atoms with van der Waals surface area (Å²) in [5.74, 6) is 0. The second-order valence-electron chi connectivity index (χ2n) is 5.74. The predicted octanol–water partition coefficient (Wildman–Crippen LogP) is 4.79. The first kappa shape index (κ1) is 19.1. The monoisotopic (exact) mass is 290 g/mol. The van der Waals surface area contributed by atoms with Crippen molar-refractivity contribution in [3.05, 3.63) is 0 Å². The van der Waals surface area contributed by atoms with Crippen LogP contribution in [0.1, 0.15) is 73.6 Å². The number of rotatable bonds is 12. The fourth-order valence-corrected chi connectivity index (χ4v) is 5.60. The summed E-state index contributed by atoms with van der Waals surface area (Å²) in [6.45, 7) is 15.3. The Bertz CT molecular complexity index is 198. The van der Waals surface area contributed by atoms with Crippen molar-refractivity contribution < 1.29 is 13.3 Å². The molecule has 0 unspecified atom stereocenters. The molecule has 0 rings (SSSR count). The standard InChI is InChI=1S/C15H34O3Si/c1-7-11-15(5,6)19(16-12-8-2,17-13-9-3)18-14-10-4/h7-14H2,1-6H3. The van der Waals surface area contributed by atoms with Crippen LogP contribution in [0.5, 0.6) is 0 Å². The molecular formula is C15H34O3Si. The van der Waals surface area contributed by atoms with Gasteiger partial charge in [-0.05, 0) is 25.7 Å². The summed E-state index contributed by atoms with van der Waals surface area (Å²) in [5.41, 5.74) is 0. The van der Waals surface area contributed by atoms with E-state index >= 15 is 0 Å². The molecule has 3 nitrogen and oxygen atoms in total. The maximum absolute atomic E-state index is 6.19. The maximum Gasteiger partial charge on any atom is 0.506 e. The third-order valence-corrected chi connectivity index (χ3v) is 6.85.